The summed E-state index contributed by atoms with van der Waals surface area (Å²) in [6.45, 7) is -0.469. The van der Waals surface area contributed by atoms with Crippen molar-refractivity contribution in [1.82, 2.24) is 0 Å². The molecule has 68 valence electrons. The summed E-state index contributed by atoms with van der Waals surface area (Å²) >= 11 is 0. The summed E-state index contributed by atoms with van der Waals surface area (Å²) in [4.78, 5) is 0. The quantitative estimate of drug-likeness (QED) is 0.709. The number of ether oxygens (including phenoxy) is 1. The molecule has 0 heterocycles. The molecule has 0 aromatic heterocycles. The van der Waals surface area contributed by atoms with Crippen LogP contribution in [-0.4, -0.2) is 13.3 Å². The van der Waals surface area contributed by atoms with Gasteiger partial charge in [0.2, 0.25) is 0 Å². The highest BCUT2D eigenvalue weighted by Gasteiger charge is 2.00. The maximum absolute atomic E-state index is 11.8. The van der Waals surface area contributed by atoms with Crippen LogP contribution in [0, 0.1) is 11.3 Å². The first-order valence-electron chi connectivity index (χ1n) is 4.02. The van der Waals surface area contributed by atoms with Crippen molar-refractivity contribution >= 4 is 0 Å². The van der Waals surface area contributed by atoms with Gasteiger partial charge in [-0.25, -0.2) is 4.39 Å². The summed E-state index contributed by atoms with van der Waals surface area (Å²) in [7, 11) is 0. The van der Waals surface area contributed by atoms with Gasteiger partial charge in [0.25, 0.3) is 0 Å². The Balaban J connectivity index is 2.73. The Hall–Kier alpha value is -1.56. The van der Waals surface area contributed by atoms with E-state index in [1.54, 1.807) is 18.2 Å². The zero-order chi connectivity index (χ0) is 9.52. The second kappa shape index (κ2) is 5.15. The minimum absolute atomic E-state index is 0.0441. The van der Waals surface area contributed by atoms with E-state index in [1.165, 1.54) is 0 Å². The van der Waals surface area contributed by atoms with Gasteiger partial charge in [-0.2, -0.15) is 5.26 Å². The largest absolute Gasteiger partial charge is 0.491 e. The summed E-state index contributed by atoms with van der Waals surface area (Å²) < 4.78 is 16.9. The average molecular weight is 179 g/mol. The van der Waals surface area contributed by atoms with E-state index in [4.69, 9.17) is 10.00 Å². The van der Waals surface area contributed by atoms with Crippen LogP contribution in [0.5, 0.6) is 5.75 Å². The molecule has 0 aliphatic heterocycles. The monoisotopic (exact) mass is 179 g/mol. The lowest BCUT2D eigenvalue weighted by molar-refractivity contribution is 0.271. The third kappa shape index (κ3) is 2.75. The lowest BCUT2D eigenvalue weighted by atomic mass is 10.1. The highest BCUT2D eigenvalue weighted by molar-refractivity contribution is 5.35. The van der Waals surface area contributed by atoms with E-state index in [2.05, 4.69) is 0 Å². The van der Waals surface area contributed by atoms with Crippen molar-refractivity contribution in [2.45, 2.75) is 6.42 Å². The molecule has 0 N–H and O–H groups in total. The standard InChI is InChI=1S/C10H10FNO/c11-6-8-13-10-4-2-1-3-9(10)5-7-12/h1-4H,5-6,8H2. The van der Waals surface area contributed by atoms with Gasteiger partial charge < -0.3 is 4.74 Å². The van der Waals surface area contributed by atoms with E-state index >= 15 is 0 Å². The SMILES string of the molecule is N#CCc1ccccc1OCCF. The number of nitrogens with zero attached hydrogens (tertiary/aromatic N) is 1. The minimum atomic E-state index is -0.513. The zero-order valence-electron chi connectivity index (χ0n) is 7.16. The van der Waals surface area contributed by atoms with Gasteiger partial charge in [-0.05, 0) is 6.07 Å². The number of benzene rings is 1. The minimum Gasteiger partial charge on any atom is -0.491 e. The van der Waals surface area contributed by atoms with Crippen molar-refractivity contribution in [3.63, 3.8) is 0 Å². The summed E-state index contributed by atoms with van der Waals surface area (Å²) in [5, 5.41) is 8.49. The van der Waals surface area contributed by atoms with Crippen molar-refractivity contribution < 1.29 is 9.13 Å². The fourth-order valence-electron chi connectivity index (χ4n) is 1.02. The summed E-state index contributed by atoms with van der Waals surface area (Å²) in [6, 6.07) is 9.20. The molecule has 0 saturated carbocycles. The van der Waals surface area contributed by atoms with Crippen LogP contribution >= 0.6 is 0 Å². The van der Waals surface area contributed by atoms with Gasteiger partial charge in [0.15, 0.2) is 0 Å². The highest BCUT2D eigenvalue weighted by Crippen LogP contribution is 2.17. The van der Waals surface area contributed by atoms with E-state index in [1.807, 2.05) is 12.1 Å². The molecule has 2 nitrogen and oxygen atoms in total. The molecule has 0 atom stereocenters. The number of alkyl halides is 1. The van der Waals surface area contributed by atoms with Crippen molar-refractivity contribution in [3.05, 3.63) is 29.8 Å². The van der Waals surface area contributed by atoms with E-state index in [-0.39, 0.29) is 6.61 Å². The Labute approximate surface area is 76.6 Å². The molecule has 13 heavy (non-hydrogen) atoms. The number of hydrogen-bond acceptors (Lipinski definition) is 2. The molecule has 0 bridgehead atoms. The van der Waals surface area contributed by atoms with E-state index in [9.17, 15) is 4.39 Å². The van der Waals surface area contributed by atoms with Crippen LogP contribution in [0.25, 0.3) is 0 Å². The number of nitriles is 1. The first-order chi connectivity index (χ1) is 6.38. The average Bonchev–Trinajstić information content (AvgIpc) is 2.17. The van der Waals surface area contributed by atoms with Gasteiger partial charge in [0.05, 0.1) is 12.5 Å². The van der Waals surface area contributed by atoms with Crippen molar-refractivity contribution in [2.75, 3.05) is 13.3 Å². The van der Waals surface area contributed by atoms with Crippen LogP contribution in [0.2, 0.25) is 0 Å². The normalized spacial score (nSPS) is 9.23. The lowest BCUT2D eigenvalue weighted by Gasteiger charge is -2.06. The fourth-order valence-corrected chi connectivity index (χ4v) is 1.02. The predicted octanol–water partition coefficient (Wildman–Crippen LogP) is 2.10. The smallest absolute Gasteiger partial charge is 0.123 e. The summed E-state index contributed by atoms with van der Waals surface area (Å²) in [6.07, 6.45) is 0.294. The first-order valence-corrected chi connectivity index (χ1v) is 4.02. The van der Waals surface area contributed by atoms with Crippen LogP contribution < -0.4 is 4.74 Å². The Morgan fingerprint density at radius 1 is 1.38 bits per heavy atom. The van der Waals surface area contributed by atoms with Crippen LogP contribution in [0.3, 0.4) is 0 Å². The number of para-hydroxylation sites is 1. The Bertz CT molecular complexity index is 306. The van der Waals surface area contributed by atoms with Gasteiger partial charge in [-0.3, -0.25) is 0 Å². The topological polar surface area (TPSA) is 33.0 Å². The maximum atomic E-state index is 11.8. The number of rotatable bonds is 4. The molecular formula is C10H10FNO. The summed E-state index contributed by atoms with van der Waals surface area (Å²) in [5.41, 5.74) is 0.804. The fraction of sp³-hybridized carbons (Fsp3) is 0.300. The van der Waals surface area contributed by atoms with Crippen LogP contribution in [0.4, 0.5) is 4.39 Å². The molecule has 0 aliphatic rings. The van der Waals surface area contributed by atoms with Gasteiger partial charge >= 0.3 is 0 Å². The third-order valence-corrected chi connectivity index (χ3v) is 1.58. The molecule has 0 unspecified atom stereocenters. The lowest BCUT2D eigenvalue weighted by Crippen LogP contribution is -2.01. The number of hydrogen-bond donors (Lipinski definition) is 0. The van der Waals surface area contributed by atoms with Gasteiger partial charge in [0.1, 0.15) is 19.0 Å². The molecule has 0 spiro atoms. The van der Waals surface area contributed by atoms with Gasteiger partial charge in [0, 0.05) is 5.56 Å². The van der Waals surface area contributed by atoms with Crippen molar-refractivity contribution in [1.29, 1.82) is 5.26 Å². The van der Waals surface area contributed by atoms with Crippen LogP contribution in [-0.2, 0) is 6.42 Å². The Kier molecular flexibility index (Phi) is 3.77. The Morgan fingerprint density at radius 2 is 2.15 bits per heavy atom. The summed E-state index contributed by atoms with van der Waals surface area (Å²) in [5.74, 6) is 0.599. The van der Waals surface area contributed by atoms with E-state index < -0.39 is 6.67 Å². The molecule has 0 aliphatic carbocycles. The van der Waals surface area contributed by atoms with Gasteiger partial charge in [-0.1, -0.05) is 18.2 Å². The molecule has 1 rings (SSSR count). The predicted molar refractivity (Wildman–Crippen MR) is 47.2 cm³/mol. The molecule has 0 amide bonds. The van der Waals surface area contributed by atoms with Crippen molar-refractivity contribution in [3.8, 4) is 11.8 Å². The van der Waals surface area contributed by atoms with E-state index in [0.717, 1.165) is 5.56 Å². The first kappa shape index (κ1) is 9.53. The molecule has 1 aromatic carbocycles. The molecule has 1 aromatic rings. The van der Waals surface area contributed by atoms with Gasteiger partial charge in [-0.15, -0.1) is 0 Å². The second-order valence-corrected chi connectivity index (χ2v) is 2.48. The Morgan fingerprint density at radius 3 is 2.85 bits per heavy atom. The molecule has 0 fully saturated rings. The second-order valence-electron chi connectivity index (χ2n) is 2.48. The zero-order valence-corrected chi connectivity index (χ0v) is 7.16. The van der Waals surface area contributed by atoms with Crippen LogP contribution in [0.1, 0.15) is 5.56 Å². The number of halogens is 1. The molecule has 0 saturated heterocycles. The van der Waals surface area contributed by atoms with Crippen molar-refractivity contribution in [2.24, 2.45) is 0 Å². The van der Waals surface area contributed by atoms with E-state index in [0.29, 0.717) is 12.2 Å². The highest BCUT2D eigenvalue weighted by atomic mass is 19.1. The molecule has 0 radical (unpaired) electrons. The molecular weight excluding hydrogens is 169 g/mol. The van der Waals surface area contributed by atoms with Crippen LogP contribution in [0.15, 0.2) is 24.3 Å². The third-order valence-electron chi connectivity index (χ3n) is 1.58. The molecule has 3 heteroatoms. The maximum Gasteiger partial charge on any atom is 0.123 e.